The van der Waals surface area contributed by atoms with Crippen LogP contribution in [0.3, 0.4) is 0 Å². The number of ether oxygens (including phenoxy) is 1. The van der Waals surface area contributed by atoms with Gasteiger partial charge in [-0.15, -0.1) is 0 Å². The van der Waals surface area contributed by atoms with Crippen molar-refractivity contribution in [1.82, 2.24) is 10.2 Å². The summed E-state index contributed by atoms with van der Waals surface area (Å²) in [5.74, 6) is -0.175. The summed E-state index contributed by atoms with van der Waals surface area (Å²) in [6.45, 7) is 5.81. The Labute approximate surface area is 83.4 Å². The fourth-order valence-electron chi connectivity index (χ4n) is 1.20. The molecular formula is C9H16N2O3. The lowest BCUT2D eigenvalue weighted by atomic mass is 10.1. The molecule has 1 aliphatic heterocycles. The molecule has 0 aliphatic carbocycles. The Morgan fingerprint density at radius 3 is 2.50 bits per heavy atom. The van der Waals surface area contributed by atoms with Crippen molar-refractivity contribution < 1.29 is 14.3 Å². The highest BCUT2D eigenvalue weighted by atomic mass is 16.6. The third-order valence-electron chi connectivity index (χ3n) is 1.92. The normalized spacial score (nSPS) is 22.1. The number of nitrogens with one attached hydrogen (secondary N) is 1. The second-order valence-electron chi connectivity index (χ2n) is 4.44. The van der Waals surface area contributed by atoms with E-state index in [0.29, 0.717) is 0 Å². The summed E-state index contributed by atoms with van der Waals surface area (Å²) in [5.41, 5.74) is -0.288. The van der Waals surface area contributed by atoms with Crippen LogP contribution in [0.15, 0.2) is 0 Å². The molecular weight excluding hydrogens is 184 g/mol. The summed E-state index contributed by atoms with van der Waals surface area (Å²) in [6, 6.07) is -0.498. The van der Waals surface area contributed by atoms with Gasteiger partial charge in [-0.3, -0.25) is 9.69 Å². The van der Waals surface area contributed by atoms with Crippen LogP contribution in [-0.4, -0.2) is 42.1 Å². The van der Waals surface area contributed by atoms with E-state index in [1.54, 1.807) is 7.05 Å². The van der Waals surface area contributed by atoms with Crippen molar-refractivity contribution in [2.75, 3.05) is 13.7 Å². The molecule has 1 N–H and O–H groups in total. The predicted octanol–water partition coefficient (Wildman–Crippen LogP) is 0.352. The van der Waals surface area contributed by atoms with E-state index in [4.69, 9.17) is 4.74 Å². The Morgan fingerprint density at radius 1 is 1.57 bits per heavy atom. The summed E-state index contributed by atoms with van der Waals surface area (Å²) in [5, 5.41) is 2.80. The largest absolute Gasteiger partial charge is 0.447 e. The average Bonchev–Trinajstić information content (AvgIpc) is 2.29. The number of cyclic esters (lactones) is 1. The first-order valence-electron chi connectivity index (χ1n) is 4.53. The zero-order valence-corrected chi connectivity index (χ0v) is 8.96. The van der Waals surface area contributed by atoms with Crippen molar-refractivity contribution >= 4 is 12.0 Å². The topological polar surface area (TPSA) is 58.6 Å². The van der Waals surface area contributed by atoms with Crippen LogP contribution in [0.1, 0.15) is 20.8 Å². The Hall–Kier alpha value is -1.26. The molecule has 2 amide bonds. The second-order valence-corrected chi connectivity index (χ2v) is 4.44. The van der Waals surface area contributed by atoms with Gasteiger partial charge in [0.25, 0.3) is 0 Å². The first-order chi connectivity index (χ1) is 6.31. The van der Waals surface area contributed by atoms with Gasteiger partial charge < -0.3 is 10.1 Å². The maximum atomic E-state index is 11.6. The smallest absolute Gasteiger partial charge is 0.410 e. The first kappa shape index (κ1) is 10.8. The Bertz CT molecular complexity index is 257. The van der Waals surface area contributed by atoms with Gasteiger partial charge in [0.15, 0.2) is 0 Å². The van der Waals surface area contributed by atoms with Crippen molar-refractivity contribution in [3.8, 4) is 0 Å². The van der Waals surface area contributed by atoms with Gasteiger partial charge in [0, 0.05) is 12.6 Å². The van der Waals surface area contributed by atoms with Crippen LogP contribution in [0.5, 0.6) is 0 Å². The minimum Gasteiger partial charge on any atom is -0.447 e. The molecule has 1 unspecified atom stereocenters. The molecule has 80 valence electrons. The van der Waals surface area contributed by atoms with Crippen molar-refractivity contribution in [3.05, 3.63) is 0 Å². The van der Waals surface area contributed by atoms with E-state index in [9.17, 15) is 9.59 Å². The molecule has 1 heterocycles. The zero-order chi connectivity index (χ0) is 10.9. The molecule has 1 atom stereocenters. The second kappa shape index (κ2) is 3.48. The Morgan fingerprint density at radius 2 is 2.14 bits per heavy atom. The van der Waals surface area contributed by atoms with Gasteiger partial charge >= 0.3 is 6.09 Å². The molecule has 5 heteroatoms. The third kappa shape index (κ3) is 2.37. The maximum absolute atomic E-state index is 11.6. The summed E-state index contributed by atoms with van der Waals surface area (Å²) >= 11 is 0. The van der Waals surface area contributed by atoms with Gasteiger partial charge in [0.1, 0.15) is 12.6 Å². The van der Waals surface area contributed by atoms with Crippen LogP contribution in [-0.2, 0) is 9.53 Å². The van der Waals surface area contributed by atoms with E-state index >= 15 is 0 Å². The summed E-state index contributed by atoms with van der Waals surface area (Å²) < 4.78 is 4.74. The van der Waals surface area contributed by atoms with Crippen LogP contribution in [0.4, 0.5) is 4.79 Å². The van der Waals surface area contributed by atoms with Gasteiger partial charge in [-0.2, -0.15) is 0 Å². The standard InChI is InChI=1S/C9H16N2O3/c1-9(2,3)10-7(12)6-5-14-8(13)11(6)4/h6H,5H2,1-4H3,(H,10,12). The lowest BCUT2D eigenvalue weighted by molar-refractivity contribution is -0.126. The summed E-state index contributed by atoms with van der Waals surface area (Å²) in [4.78, 5) is 23.9. The van der Waals surface area contributed by atoms with Crippen LogP contribution in [0.2, 0.25) is 0 Å². The van der Waals surface area contributed by atoms with Crippen LogP contribution in [0.25, 0.3) is 0 Å². The number of likely N-dealkylation sites (N-methyl/N-ethyl adjacent to an activating group) is 1. The van der Waals surface area contributed by atoms with Crippen LogP contribution in [0, 0.1) is 0 Å². The van der Waals surface area contributed by atoms with E-state index in [0.717, 1.165) is 0 Å². The molecule has 1 fully saturated rings. The van der Waals surface area contributed by atoms with Gasteiger partial charge in [-0.25, -0.2) is 4.79 Å². The minimum absolute atomic E-state index is 0.136. The highest BCUT2D eigenvalue weighted by Gasteiger charge is 2.36. The highest BCUT2D eigenvalue weighted by molar-refractivity contribution is 5.88. The highest BCUT2D eigenvalue weighted by Crippen LogP contribution is 2.11. The monoisotopic (exact) mass is 200 g/mol. The average molecular weight is 200 g/mol. The van der Waals surface area contributed by atoms with Crippen LogP contribution >= 0.6 is 0 Å². The molecule has 0 radical (unpaired) electrons. The summed E-state index contributed by atoms with van der Waals surface area (Å²) in [6.07, 6.45) is -0.445. The van der Waals surface area contributed by atoms with Gasteiger partial charge in [0.2, 0.25) is 5.91 Å². The number of hydrogen-bond donors (Lipinski definition) is 1. The number of rotatable bonds is 1. The zero-order valence-electron chi connectivity index (χ0n) is 8.96. The SMILES string of the molecule is CN1C(=O)OCC1C(=O)NC(C)(C)C. The number of nitrogens with zero attached hydrogens (tertiary/aromatic N) is 1. The molecule has 1 rings (SSSR count). The van der Waals surface area contributed by atoms with Crippen molar-refractivity contribution in [2.24, 2.45) is 0 Å². The Balaban J connectivity index is 2.58. The lowest BCUT2D eigenvalue weighted by Crippen LogP contribution is -2.50. The van der Waals surface area contributed by atoms with Crippen molar-refractivity contribution in [1.29, 1.82) is 0 Å². The lowest BCUT2D eigenvalue weighted by Gasteiger charge is -2.24. The van der Waals surface area contributed by atoms with Crippen molar-refractivity contribution in [2.45, 2.75) is 32.4 Å². The molecule has 0 aromatic rings. The number of carbonyl (C=O) groups is 2. The molecule has 0 spiro atoms. The van der Waals surface area contributed by atoms with E-state index in [1.165, 1.54) is 4.90 Å². The van der Waals surface area contributed by atoms with E-state index in [1.807, 2.05) is 20.8 Å². The predicted molar refractivity (Wildman–Crippen MR) is 50.8 cm³/mol. The van der Waals surface area contributed by atoms with Gasteiger partial charge in [0.05, 0.1) is 0 Å². The van der Waals surface area contributed by atoms with E-state index in [-0.39, 0.29) is 18.1 Å². The van der Waals surface area contributed by atoms with Crippen LogP contribution < -0.4 is 5.32 Å². The van der Waals surface area contributed by atoms with E-state index < -0.39 is 12.1 Å². The molecule has 0 aromatic heterocycles. The number of carbonyl (C=O) groups excluding carboxylic acids is 2. The first-order valence-corrected chi connectivity index (χ1v) is 4.53. The number of amides is 2. The van der Waals surface area contributed by atoms with Gasteiger partial charge in [-0.1, -0.05) is 0 Å². The maximum Gasteiger partial charge on any atom is 0.410 e. The molecule has 1 aliphatic rings. The van der Waals surface area contributed by atoms with Gasteiger partial charge in [-0.05, 0) is 20.8 Å². The minimum atomic E-state index is -0.498. The molecule has 14 heavy (non-hydrogen) atoms. The number of hydrogen-bond acceptors (Lipinski definition) is 3. The van der Waals surface area contributed by atoms with E-state index in [2.05, 4.69) is 5.32 Å². The fraction of sp³-hybridized carbons (Fsp3) is 0.778. The molecule has 0 bridgehead atoms. The Kier molecular flexibility index (Phi) is 2.69. The molecule has 0 saturated carbocycles. The molecule has 5 nitrogen and oxygen atoms in total. The van der Waals surface area contributed by atoms with Crippen molar-refractivity contribution in [3.63, 3.8) is 0 Å². The third-order valence-corrected chi connectivity index (χ3v) is 1.92. The molecule has 0 aromatic carbocycles. The molecule has 1 saturated heterocycles. The fourth-order valence-corrected chi connectivity index (χ4v) is 1.20. The summed E-state index contributed by atoms with van der Waals surface area (Å²) in [7, 11) is 1.56. The quantitative estimate of drug-likeness (QED) is 0.664.